The molecule has 4 heteroatoms. The van der Waals surface area contributed by atoms with Crippen LogP contribution in [0.4, 0.5) is 0 Å². The van der Waals surface area contributed by atoms with Crippen molar-refractivity contribution in [2.45, 2.75) is 26.2 Å². The number of hydrogen-bond acceptors (Lipinski definition) is 3. The van der Waals surface area contributed by atoms with Gasteiger partial charge in [-0.3, -0.25) is 4.79 Å². The summed E-state index contributed by atoms with van der Waals surface area (Å²) in [6, 6.07) is 0. The van der Waals surface area contributed by atoms with E-state index in [4.69, 9.17) is 4.74 Å². The zero-order chi connectivity index (χ0) is 9.52. The van der Waals surface area contributed by atoms with Gasteiger partial charge in [-0.25, -0.2) is 0 Å². The Morgan fingerprint density at radius 1 is 1.62 bits per heavy atom. The summed E-state index contributed by atoms with van der Waals surface area (Å²) in [6.07, 6.45) is 3.86. The van der Waals surface area contributed by atoms with E-state index >= 15 is 0 Å². The maximum absolute atomic E-state index is 11.0. The van der Waals surface area contributed by atoms with Crippen LogP contribution in [0.3, 0.4) is 0 Å². The summed E-state index contributed by atoms with van der Waals surface area (Å²) in [5.41, 5.74) is 0. The Bertz CT molecular complexity index is 202. The third-order valence-corrected chi connectivity index (χ3v) is 5.86. The standard InChI is InChI=1S/C9H16O2S2/c1-2-11-9(10)8-12-13-6-4-3-5-7-13/h6H,2-5,7-8H2,1H3. The SMILES string of the molecule is CCOC(=O)CSS1=CCCCC1. The molecule has 1 aliphatic rings. The molecule has 13 heavy (non-hydrogen) atoms. The molecular weight excluding hydrogens is 204 g/mol. The molecule has 0 aromatic carbocycles. The Labute approximate surface area is 85.7 Å². The van der Waals surface area contributed by atoms with Crippen LogP contribution in [-0.4, -0.2) is 29.4 Å². The fourth-order valence-corrected chi connectivity index (χ4v) is 4.78. The highest BCUT2D eigenvalue weighted by molar-refractivity contribution is 8.83. The van der Waals surface area contributed by atoms with Gasteiger partial charge in [0, 0.05) is 0 Å². The molecule has 0 fully saturated rings. The van der Waals surface area contributed by atoms with Crippen molar-refractivity contribution >= 4 is 31.6 Å². The van der Waals surface area contributed by atoms with Crippen LogP contribution in [-0.2, 0) is 9.53 Å². The minimum Gasteiger partial charge on any atom is -0.465 e. The first kappa shape index (κ1) is 11.1. The van der Waals surface area contributed by atoms with Crippen molar-refractivity contribution in [3.8, 4) is 0 Å². The summed E-state index contributed by atoms with van der Waals surface area (Å²) in [6.45, 7) is 2.34. The second-order valence-corrected chi connectivity index (χ2v) is 6.83. The molecule has 1 heterocycles. The number of carbonyl (C=O) groups is 1. The average molecular weight is 220 g/mol. The monoisotopic (exact) mass is 220 g/mol. The van der Waals surface area contributed by atoms with E-state index in [1.165, 1.54) is 25.0 Å². The first-order valence-electron chi connectivity index (χ1n) is 4.65. The Kier molecular flexibility index (Phi) is 5.55. The molecule has 0 saturated heterocycles. The average Bonchev–Trinajstić information content (AvgIpc) is 2.17. The number of hydrogen-bond donors (Lipinski definition) is 0. The molecule has 1 unspecified atom stereocenters. The lowest BCUT2D eigenvalue weighted by Crippen LogP contribution is -2.06. The largest absolute Gasteiger partial charge is 0.465 e. The molecule has 0 bridgehead atoms. The predicted octanol–water partition coefficient (Wildman–Crippen LogP) is 2.45. The molecule has 0 spiro atoms. The smallest absolute Gasteiger partial charge is 0.316 e. The summed E-state index contributed by atoms with van der Waals surface area (Å²) in [5, 5.41) is 2.35. The number of esters is 1. The summed E-state index contributed by atoms with van der Waals surface area (Å²) in [5.74, 6) is 1.70. The van der Waals surface area contributed by atoms with E-state index in [9.17, 15) is 4.79 Å². The molecule has 0 aromatic heterocycles. The van der Waals surface area contributed by atoms with Crippen molar-refractivity contribution in [3.05, 3.63) is 0 Å². The van der Waals surface area contributed by atoms with Crippen LogP contribution in [0, 0.1) is 0 Å². The van der Waals surface area contributed by atoms with Crippen molar-refractivity contribution in [3.63, 3.8) is 0 Å². The lowest BCUT2D eigenvalue weighted by molar-refractivity contribution is -0.139. The second-order valence-electron chi connectivity index (χ2n) is 2.81. The fourth-order valence-electron chi connectivity index (χ4n) is 1.12. The zero-order valence-corrected chi connectivity index (χ0v) is 9.59. The lowest BCUT2D eigenvalue weighted by atomic mass is 10.3. The summed E-state index contributed by atoms with van der Waals surface area (Å²) >= 11 is 0. The van der Waals surface area contributed by atoms with E-state index in [1.54, 1.807) is 10.8 Å². The van der Waals surface area contributed by atoms with Crippen LogP contribution in [0.2, 0.25) is 0 Å². The minimum atomic E-state index is -0.0704. The third kappa shape index (κ3) is 4.72. The first-order valence-corrected chi connectivity index (χ1v) is 7.60. The van der Waals surface area contributed by atoms with E-state index in [2.05, 4.69) is 5.37 Å². The Balaban J connectivity index is 2.17. The van der Waals surface area contributed by atoms with E-state index < -0.39 is 0 Å². The van der Waals surface area contributed by atoms with Gasteiger partial charge in [-0.15, -0.1) is 9.52 Å². The van der Waals surface area contributed by atoms with Gasteiger partial charge in [0.2, 0.25) is 0 Å². The highest BCUT2D eigenvalue weighted by Gasteiger charge is 2.06. The van der Waals surface area contributed by atoms with Gasteiger partial charge < -0.3 is 4.74 Å². The predicted molar refractivity (Wildman–Crippen MR) is 61.5 cm³/mol. The maximum Gasteiger partial charge on any atom is 0.316 e. The van der Waals surface area contributed by atoms with Crippen LogP contribution >= 0.6 is 20.3 Å². The molecule has 0 aromatic rings. The van der Waals surface area contributed by atoms with Gasteiger partial charge in [0.25, 0.3) is 0 Å². The van der Waals surface area contributed by atoms with Crippen molar-refractivity contribution in [2.75, 3.05) is 18.1 Å². The maximum atomic E-state index is 11.0. The van der Waals surface area contributed by atoms with E-state index in [-0.39, 0.29) is 5.97 Å². The highest BCUT2D eigenvalue weighted by atomic mass is 33.1. The molecule has 0 radical (unpaired) electrons. The van der Waals surface area contributed by atoms with Gasteiger partial charge in [0.1, 0.15) is 5.75 Å². The van der Waals surface area contributed by atoms with E-state index in [0.717, 1.165) is 0 Å². The summed E-state index contributed by atoms with van der Waals surface area (Å²) < 4.78 is 4.86. The summed E-state index contributed by atoms with van der Waals surface area (Å²) in [4.78, 5) is 11.0. The molecule has 1 aliphatic heterocycles. The van der Waals surface area contributed by atoms with Gasteiger partial charge in [0.15, 0.2) is 0 Å². The van der Waals surface area contributed by atoms with Crippen molar-refractivity contribution in [1.82, 2.24) is 0 Å². The zero-order valence-electron chi connectivity index (χ0n) is 7.95. The topological polar surface area (TPSA) is 26.3 Å². The third-order valence-electron chi connectivity index (χ3n) is 1.74. The van der Waals surface area contributed by atoms with Crippen LogP contribution in [0.1, 0.15) is 26.2 Å². The fraction of sp³-hybridized carbons (Fsp3) is 0.778. The van der Waals surface area contributed by atoms with Gasteiger partial charge in [0.05, 0.1) is 6.61 Å². The normalized spacial score (nSPS) is 22.1. The molecule has 2 nitrogen and oxygen atoms in total. The Hall–Kier alpha value is 0.0400. The van der Waals surface area contributed by atoms with Crippen molar-refractivity contribution < 1.29 is 9.53 Å². The Morgan fingerprint density at radius 3 is 3.08 bits per heavy atom. The molecule has 0 N–H and O–H groups in total. The first-order chi connectivity index (χ1) is 6.33. The van der Waals surface area contributed by atoms with E-state index in [0.29, 0.717) is 21.9 Å². The lowest BCUT2D eigenvalue weighted by Gasteiger charge is -2.12. The minimum absolute atomic E-state index is 0.0704. The molecule has 1 rings (SSSR count). The molecular formula is C9H16O2S2. The van der Waals surface area contributed by atoms with Gasteiger partial charge >= 0.3 is 5.97 Å². The van der Waals surface area contributed by atoms with Crippen LogP contribution in [0.5, 0.6) is 0 Å². The van der Waals surface area contributed by atoms with E-state index in [1.807, 2.05) is 6.92 Å². The van der Waals surface area contributed by atoms with Gasteiger partial charge in [-0.1, -0.05) is 16.2 Å². The quantitative estimate of drug-likeness (QED) is 0.413. The van der Waals surface area contributed by atoms with Crippen LogP contribution in [0.25, 0.3) is 0 Å². The van der Waals surface area contributed by atoms with Gasteiger partial charge in [-0.2, -0.15) is 0 Å². The number of ether oxygens (including phenoxy) is 1. The molecule has 0 saturated carbocycles. The van der Waals surface area contributed by atoms with Crippen molar-refractivity contribution in [2.24, 2.45) is 0 Å². The molecule has 0 aliphatic carbocycles. The second kappa shape index (κ2) is 6.49. The number of rotatable bonds is 4. The van der Waals surface area contributed by atoms with Crippen LogP contribution < -0.4 is 0 Å². The Morgan fingerprint density at radius 2 is 2.46 bits per heavy atom. The molecule has 1 atom stereocenters. The molecule has 76 valence electrons. The van der Waals surface area contributed by atoms with Gasteiger partial charge in [-0.05, 0) is 31.9 Å². The van der Waals surface area contributed by atoms with Crippen molar-refractivity contribution in [1.29, 1.82) is 0 Å². The van der Waals surface area contributed by atoms with Crippen LogP contribution in [0.15, 0.2) is 0 Å². The number of carbonyl (C=O) groups excluding carboxylic acids is 1. The summed E-state index contributed by atoms with van der Waals surface area (Å²) in [7, 11) is 2.07. The highest BCUT2D eigenvalue weighted by Crippen LogP contribution is 2.34. The molecule has 0 amide bonds.